The molecule has 0 atom stereocenters. The lowest BCUT2D eigenvalue weighted by atomic mass is 9.88. The van der Waals surface area contributed by atoms with E-state index in [1.807, 2.05) is 20.8 Å². The Bertz CT molecular complexity index is 489. The van der Waals surface area contributed by atoms with Gasteiger partial charge in [-0.3, -0.25) is 0 Å². The van der Waals surface area contributed by atoms with Crippen LogP contribution in [0.5, 0.6) is 0 Å². The molecule has 0 fully saturated rings. The van der Waals surface area contributed by atoms with E-state index in [-0.39, 0.29) is 29.5 Å². The number of rotatable bonds is 6. The maximum atomic E-state index is 11.2. The minimum Gasteiger partial charge on any atom is -0.478 e. The standard InChI is InChI=1S/C9H17NO2.2C5H8O2/c1-7(9(2,3)4)8(11)12-6-5-10;1-4(2)5(6)7-3;1-3-4(2)5(6)7/h1,5-6,10H2,2-4H3;1H2,2-3H3;2-3H2,1H3,(H,6,7). The van der Waals surface area contributed by atoms with Crippen molar-refractivity contribution in [2.75, 3.05) is 20.3 Å². The first-order chi connectivity index (χ1) is 11.8. The highest BCUT2D eigenvalue weighted by Crippen LogP contribution is 2.24. The summed E-state index contributed by atoms with van der Waals surface area (Å²) in [7, 11) is 1.33. The summed E-state index contributed by atoms with van der Waals surface area (Å²) in [5, 5.41) is 8.08. The second-order valence-electron chi connectivity index (χ2n) is 6.19. The topological polar surface area (TPSA) is 116 Å². The van der Waals surface area contributed by atoms with Gasteiger partial charge >= 0.3 is 17.9 Å². The smallest absolute Gasteiger partial charge is 0.333 e. The van der Waals surface area contributed by atoms with Gasteiger partial charge in [-0.25, -0.2) is 14.4 Å². The van der Waals surface area contributed by atoms with Crippen molar-refractivity contribution in [2.45, 2.75) is 41.0 Å². The lowest BCUT2D eigenvalue weighted by Crippen LogP contribution is -2.21. The lowest BCUT2D eigenvalue weighted by molar-refractivity contribution is -0.140. The summed E-state index contributed by atoms with van der Waals surface area (Å²) in [6, 6.07) is 0. The fourth-order valence-corrected chi connectivity index (χ4v) is 0.870. The SMILES string of the molecule is C=C(C(=O)OCCN)C(C)(C)C.C=C(C)C(=O)OC.C=C(CC)C(=O)O. The molecule has 0 spiro atoms. The number of esters is 2. The molecule has 3 N–H and O–H groups in total. The van der Waals surface area contributed by atoms with Gasteiger partial charge in [0.05, 0.1) is 7.11 Å². The molecule has 0 radical (unpaired) electrons. The Kier molecular flexibility index (Phi) is 16.3. The molecule has 0 aliphatic heterocycles. The van der Waals surface area contributed by atoms with Gasteiger partial charge in [-0.05, 0) is 18.8 Å². The normalized spacial score (nSPS) is 9.35. The third kappa shape index (κ3) is 16.4. The van der Waals surface area contributed by atoms with Crippen molar-refractivity contribution in [3.8, 4) is 0 Å². The van der Waals surface area contributed by atoms with Crippen LogP contribution < -0.4 is 5.73 Å². The van der Waals surface area contributed by atoms with E-state index in [1.54, 1.807) is 13.8 Å². The molecule has 0 aliphatic carbocycles. The molecule has 7 nitrogen and oxygen atoms in total. The van der Waals surface area contributed by atoms with Crippen molar-refractivity contribution in [1.29, 1.82) is 0 Å². The van der Waals surface area contributed by atoms with Gasteiger partial charge in [0.2, 0.25) is 0 Å². The van der Waals surface area contributed by atoms with E-state index in [1.165, 1.54) is 7.11 Å². The monoisotopic (exact) mass is 371 g/mol. The zero-order valence-electron chi connectivity index (χ0n) is 16.8. The maximum absolute atomic E-state index is 11.2. The molecule has 0 bridgehead atoms. The van der Waals surface area contributed by atoms with Crippen LogP contribution in [0.15, 0.2) is 36.5 Å². The van der Waals surface area contributed by atoms with Crippen molar-refractivity contribution < 1.29 is 29.0 Å². The Hall–Kier alpha value is -2.41. The van der Waals surface area contributed by atoms with Crippen LogP contribution in [-0.4, -0.2) is 43.3 Å². The highest BCUT2D eigenvalue weighted by atomic mass is 16.5. The number of nitrogens with two attached hydrogens (primary N) is 1. The van der Waals surface area contributed by atoms with Crippen LogP contribution in [0.25, 0.3) is 0 Å². The number of carbonyl (C=O) groups is 3. The first kappa shape index (κ1) is 28.4. The van der Waals surface area contributed by atoms with Gasteiger partial charge in [-0.2, -0.15) is 0 Å². The van der Waals surface area contributed by atoms with Gasteiger partial charge in [0, 0.05) is 23.3 Å². The Balaban J connectivity index is -0.000000326. The van der Waals surface area contributed by atoms with Crippen molar-refractivity contribution in [1.82, 2.24) is 0 Å². The number of methoxy groups -OCH3 is 1. The average molecular weight is 371 g/mol. The van der Waals surface area contributed by atoms with Crippen LogP contribution in [0.4, 0.5) is 0 Å². The predicted molar refractivity (Wildman–Crippen MR) is 103 cm³/mol. The van der Waals surface area contributed by atoms with Crippen molar-refractivity contribution in [3.63, 3.8) is 0 Å². The second kappa shape index (κ2) is 14.9. The van der Waals surface area contributed by atoms with Crippen LogP contribution >= 0.6 is 0 Å². The van der Waals surface area contributed by atoms with Gasteiger partial charge in [0.15, 0.2) is 0 Å². The molecule has 0 rings (SSSR count). The molecule has 7 heteroatoms. The number of hydrogen-bond acceptors (Lipinski definition) is 6. The fourth-order valence-electron chi connectivity index (χ4n) is 0.870. The highest BCUT2D eigenvalue weighted by Gasteiger charge is 2.22. The van der Waals surface area contributed by atoms with Gasteiger partial charge in [0.25, 0.3) is 0 Å². The third-order valence-corrected chi connectivity index (χ3v) is 2.77. The zero-order valence-corrected chi connectivity index (χ0v) is 16.8. The maximum Gasteiger partial charge on any atom is 0.333 e. The summed E-state index contributed by atoms with van der Waals surface area (Å²) >= 11 is 0. The molecule has 26 heavy (non-hydrogen) atoms. The van der Waals surface area contributed by atoms with E-state index in [4.69, 9.17) is 15.6 Å². The van der Waals surface area contributed by atoms with Gasteiger partial charge in [0.1, 0.15) is 6.61 Å². The van der Waals surface area contributed by atoms with Gasteiger partial charge in [-0.15, -0.1) is 0 Å². The lowest BCUT2D eigenvalue weighted by Gasteiger charge is -2.19. The Morgan fingerprint density at radius 1 is 1.08 bits per heavy atom. The van der Waals surface area contributed by atoms with Crippen LogP contribution in [0.1, 0.15) is 41.0 Å². The number of hydrogen-bond donors (Lipinski definition) is 2. The van der Waals surface area contributed by atoms with E-state index < -0.39 is 5.97 Å². The first-order valence-corrected chi connectivity index (χ1v) is 7.97. The largest absolute Gasteiger partial charge is 0.478 e. The highest BCUT2D eigenvalue weighted by molar-refractivity contribution is 5.89. The van der Waals surface area contributed by atoms with Gasteiger partial charge < -0.3 is 20.3 Å². The van der Waals surface area contributed by atoms with E-state index >= 15 is 0 Å². The van der Waals surface area contributed by atoms with Gasteiger partial charge in [-0.1, -0.05) is 47.4 Å². The van der Waals surface area contributed by atoms with Crippen LogP contribution in [0.3, 0.4) is 0 Å². The molecular weight excluding hydrogens is 338 g/mol. The molecule has 0 amide bonds. The van der Waals surface area contributed by atoms with E-state index in [9.17, 15) is 14.4 Å². The number of carboxylic acid groups (broad SMARTS) is 1. The van der Waals surface area contributed by atoms with Crippen LogP contribution in [-0.2, 0) is 23.9 Å². The minimum absolute atomic E-state index is 0.230. The number of ether oxygens (including phenoxy) is 2. The van der Waals surface area contributed by atoms with E-state index in [0.717, 1.165) is 0 Å². The third-order valence-electron chi connectivity index (χ3n) is 2.77. The van der Waals surface area contributed by atoms with Crippen molar-refractivity contribution in [3.05, 3.63) is 36.5 Å². The molecule has 0 saturated carbocycles. The Morgan fingerprint density at radius 3 is 1.69 bits per heavy atom. The quantitative estimate of drug-likeness (QED) is 0.545. The summed E-state index contributed by atoms with van der Waals surface area (Å²) in [4.78, 5) is 31.2. The summed E-state index contributed by atoms with van der Waals surface area (Å²) in [5.41, 5.74) is 6.13. The second-order valence-corrected chi connectivity index (χ2v) is 6.19. The molecule has 0 aromatic rings. The first-order valence-electron chi connectivity index (χ1n) is 7.97. The van der Waals surface area contributed by atoms with E-state index in [0.29, 0.717) is 24.1 Å². The van der Waals surface area contributed by atoms with E-state index in [2.05, 4.69) is 24.5 Å². The Morgan fingerprint density at radius 2 is 1.54 bits per heavy atom. The van der Waals surface area contributed by atoms with Crippen LogP contribution in [0, 0.1) is 5.41 Å². The number of carbonyl (C=O) groups excluding carboxylic acids is 2. The predicted octanol–water partition coefficient (Wildman–Crippen LogP) is 2.86. The minimum atomic E-state index is -0.900. The molecule has 0 unspecified atom stereocenters. The summed E-state index contributed by atoms with van der Waals surface area (Å²) in [6.45, 7) is 20.0. The molecule has 0 aromatic carbocycles. The molecule has 0 saturated heterocycles. The molecular formula is C19H33NO6. The van der Waals surface area contributed by atoms with Crippen molar-refractivity contribution in [2.24, 2.45) is 11.1 Å². The Labute approximate surface area is 156 Å². The number of aliphatic carboxylic acids is 1. The molecule has 0 aromatic heterocycles. The molecule has 0 heterocycles. The summed E-state index contributed by atoms with van der Waals surface area (Å²) in [6.07, 6.45) is 0.523. The summed E-state index contributed by atoms with van der Waals surface area (Å²) in [5.74, 6) is -1.60. The van der Waals surface area contributed by atoms with Crippen molar-refractivity contribution >= 4 is 17.9 Å². The summed E-state index contributed by atoms with van der Waals surface area (Å²) < 4.78 is 9.09. The van der Waals surface area contributed by atoms with Crippen LogP contribution in [0.2, 0.25) is 0 Å². The number of carboxylic acids is 1. The molecule has 150 valence electrons. The molecule has 0 aliphatic rings. The average Bonchev–Trinajstić information content (AvgIpc) is 2.57. The fraction of sp³-hybridized carbons (Fsp3) is 0.526. The zero-order chi connectivity index (χ0) is 21.5.